The highest BCUT2D eigenvalue weighted by atomic mass is 32.1. The van der Waals surface area contributed by atoms with Crippen molar-refractivity contribution < 1.29 is 4.79 Å². The lowest BCUT2D eigenvalue weighted by Gasteiger charge is -2.18. The highest BCUT2D eigenvalue weighted by molar-refractivity contribution is 7.12. The monoisotopic (exact) mass is 243 g/mol. The number of benzene rings is 1. The standard InChI is InChI=1S/C14H13NOS/c1-9-10-5-3-4-6-12(10)15(2)14(16)13-11(9)7-8-17-13/h3-9H,1-2H3. The van der Waals surface area contributed by atoms with Gasteiger partial charge in [0, 0.05) is 18.7 Å². The van der Waals surface area contributed by atoms with Gasteiger partial charge in [-0.2, -0.15) is 0 Å². The molecule has 1 aliphatic heterocycles. The quantitative estimate of drug-likeness (QED) is 0.693. The van der Waals surface area contributed by atoms with Crippen LogP contribution < -0.4 is 4.90 Å². The Balaban J connectivity index is 2.30. The zero-order chi connectivity index (χ0) is 12.0. The van der Waals surface area contributed by atoms with E-state index in [0.29, 0.717) is 0 Å². The Labute approximate surface area is 105 Å². The molecular formula is C14H13NOS. The smallest absolute Gasteiger partial charge is 0.268 e. The summed E-state index contributed by atoms with van der Waals surface area (Å²) in [6, 6.07) is 10.2. The predicted molar refractivity (Wildman–Crippen MR) is 71.0 cm³/mol. The molecule has 0 radical (unpaired) electrons. The summed E-state index contributed by atoms with van der Waals surface area (Å²) >= 11 is 1.53. The first-order valence-electron chi connectivity index (χ1n) is 5.64. The maximum absolute atomic E-state index is 12.3. The Hall–Kier alpha value is -1.61. The number of carbonyl (C=O) groups is 1. The van der Waals surface area contributed by atoms with Gasteiger partial charge in [-0.15, -0.1) is 11.3 Å². The van der Waals surface area contributed by atoms with Crippen LogP contribution in [0.3, 0.4) is 0 Å². The third kappa shape index (κ3) is 1.42. The van der Waals surface area contributed by atoms with Crippen molar-refractivity contribution in [1.82, 2.24) is 0 Å². The molecule has 17 heavy (non-hydrogen) atoms. The van der Waals surface area contributed by atoms with Crippen molar-refractivity contribution in [1.29, 1.82) is 0 Å². The molecule has 3 heteroatoms. The van der Waals surface area contributed by atoms with Crippen molar-refractivity contribution in [3.63, 3.8) is 0 Å². The van der Waals surface area contributed by atoms with E-state index in [-0.39, 0.29) is 11.8 Å². The number of nitrogens with zero attached hydrogens (tertiary/aromatic N) is 1. The summed E-state index contributed by atoms with van der Waals surface area (Å²) in [7, 11) is 1.85. The summed E-state index contributed by atoms with van der Waals surface area (Å²) in [4.78, 5) is 15.0. The molecule has 1 amide bonds. The molecule has 0 fully saturated rings. The van der Waals surface area contributed by atoms with Crippen molar-refractivity contribution in [2.75, 3.05) is 11.9 Å². The molecular weight excluding hydrogens is 230 g/mol. The lowest BCUT2D eigenvalue weighted by atomic mass is 9.93. The minimum atomic E-state index is 0.104. The van der Waals surface area contributed by atoms with E-state index in [1.54, 1.807) is 4.90 Å². The number of anilines is 1. The van der Waals surface area contributed by atoms with Crippen LogP contribution in [-0.2, 0) is 0 Å². The summed E-state index contributed by atoms with van der Waals surface area (Å²) in [5.74, 6) is 0.383. The van der Waals surface area contributed by atoms with Gasteiger partial charge in [0.15, 0.2) is 0 Å². The first kappa shape index (κ1) is 10.5. The zero-order valence-electron chi connectivity index (χ0n) is 9.81. The molecule has 0 saturated heterocycles. The van der Waals surface area contributed by atoms with Crippen molar-refractivity contribution in [3.8, 4) is 0 Å². The van der Waals surface area contributed by atoms with E-state index in [9.17, 15) is 4.79 Å². The van der Waals surface area contributed by atoms with E-state index >= 15 is 0 Å². The third-order valence-electron chi connectivity index (χ3n) is 3.43. The minimum absolute atomic E-state index is 0.104. The number of thiophene rings is 1. The van der Waals surface area contributed by atoms with Crippen LogP contribution in [0, 0.1) is 0 Å². The number of para-hydroxylation sites is 1. The highest BCUT2D eigenvalue weighted by Gasteiger charge is 2.28. The SMILES string of the molecule is CC1c2ccccc2N(C)C(=O)c2sccc21. The Morgan fingerprint density at radius 3 is 2.76 bits per heavy atom. The second kappa shape index (κ2) is 3.70. The molecule has 0 N–H and O–H groups in total. The maximum atomic E-state index is 12.3. The van der Waals surface area contributed by atoms with Crippen molar-refractivity contribution in [2.45, 2.75) is 12.8 Å². The Morgan fingerprint density at radius 1 is 1.18 bits per heavy atom. The van der Waals surface area contributed by atoms with E-state index in [1.807, 2.05) is 30.6 Å². The molecule has 2 nitrogen and oxygen atoms in total. The summed E-state index contributed by atoms with van der Waals surface area (Å²) in [5, 5.41) is 2.00. The van der Waals surface area contributed by atoms with Gasteiger partial charge in [-0.1, -0.05) is 25.1 Å². The van der Waals surface area contributed by atoms with Crippen LogP contribution in [-0.4, -0.2) is 13.0 Å². The van der Waals surface area contributed by atoms with Crippen molar-refractivity contribution >= 4 is 22.9 Å². The van der Waals surface area contributed by atoms with Gasteiger partial charge in [0.2, 0.25) is 0 Å². The van der Waals surface area contributed by atoms with Crippen LogP contribution in [0.1, 0.15) is 33.6 Å². The van der Waals surface area contributed by atoms with Crippen LogP contribution in [0.2, 0.25) is 0 Å². The average molecular weight is 243 g/mol. The second-order valence-corrected chi connectivity index (χ2v) is 5.27. The molecule has 1 aromatic heterocycles. The molecule has 0 bridgehead atoms. The third-order valence-corrected chi connectivity index (χ3v) is 4.34. The summed E-state index contributed by atoms with van der Waals surface area (Å²) in [6.45, 7) is 2.16. The van der Waals surface area contributed by atoms with Gasteiger partial charge in [0.1, 0.15) is 0 Å². The van der Waals surface area contributed by atoms with Gasteiger partial charge < -0.3 is 4.90 Å². The Kier molecular flexibility index (Phi) is 2.30. The van der Waals surface area contributed by atoms with Gasteiger partial charge in [0.05, 0.1) is 4.88 Å². The Bertz CT molecular complexity index is 587. The van der Waals surface area contributed by atoms with Crippen LogP contribution >= 0.6 is 11.3 Å². The number of rotatable bonds is 0. The van der Waals surface area contributed by atoms with E-state index in [4.69, 9.17) is 0 Å². The van der Waals surface area contributed by atoms with E-state index in [1.165, 1.54) is 16.9 Å². The fourth-order valence-electron chi connectivity index (χ4n) is 2.42. The highest BCUT2D eigenvalue weighted by Crippen LogP contribution is 2.39. The molecule has 86 valence electrons. The molecule has 1 atom stereocenters. The van der Waals surface area contributed by atoms with Gasteiger partial charge in [0.25, 0.3) is 5.91 Å². The number of carbonyl (C=O) groups excluding carboxylic acids is 1. The van der Waals surface area contributed by atoms with Crippen LogP contribution in [0.4, 0.5) is 5.69 Å². The first-order valence-corrected chi connectivity index (χ1v) is 6.52. The molecule has 1 aliphatic rings. The molecule has 2 heterocycles. The molecule has 0 aliphatic carbocycles. The van der Waals surface area contributed by atoms with Crippen LogP contribution in [0.5, 0.6) is 0 Å². The lowest BCUT2D eigenvalue weighted by molar-refractivity contribution is 0.0997. The molecule has 2 aromatic rings. The molecule has 1 unspecified atom stereocenters. The van der Waals surface area contributed by atoms with E-state index in [2.05, 4.69) is 19.1 Å². The van der Waals surface area contributed by atoms with Gasteiger partial charge in [-0.05, 0) is 28.6 Å². The van der Waals surface area contributed by atoms with Crippen LogP contribution in [0.15, 0.2) is 35.7 Å². The minimum Gasteiger partial charge on any atom is -0.310 e. The lowest BCUT2D eigenvalue weighted by Crippen LogP contribution is -2.25. The zero-order valence-corrected chi connectivity index (χ0v) is 10.6. The van der Waals surface area contributed by atoms with Gasteiger partial charge >= 0.3 is 0 Å². The van der Waals surface area contributed by atoms with Gasteiger partial charge in [-0.3, -0.25) is 4.79 Å². The predicted octanol–water partition coefficient (Wildman–Crippen LogP) is 3.49. The average Bonchev–Trinajstić information content (AvgIpc) is 2.82. The fourth-order valence-corrected chi connectivity index (χ4v) is 3.39. The molecule has 1 aromatic carbocycles. The fraction of sp³-hybridized carbons (Fsp3) is 0.214. The van der Waals surface area contributed by atoms with Gasteiger partial charge in [-0.25, -0.2) is 0 Å². The van der Waals surface area contributed by atoms with E-state index in [0.717, 1.165) is 16.1 Å². The number of amides is 1. The molecule has 0 spiro atoms. The first-order chi connectivity index (χ1) is 8.20. The maximum Gasteiger partial charge on any atom is 0.268 e. The molecule has 0 saturated carbocycles. The summed E-state index contributed by atoms with van der Waals surface area (Å²) in [5.41, 5.74) is 3.39. The summed E-state index contributed by atoms with van der Waals surface area (Å²) < 4.78 is 0. The topological polar surface area (TPSA) is 20.3 Å². The second-order valence-electron chi connectivity index (χ2n) is 4.35. The number of fused-ring (bicyclic) bond motifs is 2. The number of hydrogen-bond acceptors (Lipinski definition) is 2. The van der Waals surface area contributed by atoms with Crippen LogP contribution in [0.25, 0.3) is 0 Å². The largest absolute Gasteiger partial charge is 0.310 e. The normalized spacial score (nSPS) is 18.6. The van der Waals surface area contributed by atoms with E-state index < -0.39 is 0 Å². The Morgan fingerprint density at radius 2 is 1.94 bits per heavy atom. The van der Waals surface area contributed by atoms with Crippen molar-refractivity contribution in [2.24, 2.45) is 0 Å². The van der Waals surface area contributed by atoms with Crippen molar-refractivity contribution in [3.05, 3.63) is 51.7 Å². The number of hydrogen-bond donors (Lipinski definition) is 0. The molecule has 3 rings (SSSR count). The summed E-state index contributed by atoms with van der Waals surface area (Å²) in [6.07, 6.45) is 0.